The normalized spacial score (nSPS) is 11.3. The van der Waals surface area contributed by atoms with E-state index in [1.165, 1.54) is 6.92 Å². The summed E-state index contributed by atoms with van der Waals surface area (Å²) in [4.78, 5) is 22.6. The van der Waals surface area contributed by atoms with Gasteiger partial charge in [-0.15, -0.1) is 0 Å². The number of hydrogen-bond acceptors (Lipinski definition) is 6. The highest BCUT2D eigenvalue weighted by Gasteiger charge is 2.19. The van der Waals surface area contributed by atoms with E-state index in [2.05, 4.69) is 0 Å². The maximum Gasteiger partial charge on any atom is 0.509 e. The van der Waals surface area contributed by atoms with Gasteiger partial charge >= 0.3 is 12.1 Å². The predicted molar refractivity (Wildman–Crippen MR) is 70.4 cm³/mol. The average molecular weight is 282 g/mol. The molecule has 0 bridgehead atoms. The molecule has 0 aliphatic heterocycles. The lowest BCUT2D eigenvalue weighted by Crippen LogP contribution is -2.26. The molecule has 1 atom stereocenters. The minimum absolute atomic E-state index is 0.0539. The molecule has 0 radical (unpaired) electrons. The van der Waals surface area contributed by atoms with Crippen LogP contribution in [0.4, 0.5) is 4.79 Å². The van der Waals surface area contributed by atoms with Crippen molar-refractivity contribution in [2.75, 3.05) is 13.7 Å². The van der Waals surface area contributed by atoms with Gasteiger partial charge in [0.15, 0.2) is 6.10 Å². The van der Waals surface area contributed by atoms with E-state index in [1.807, 2.05) is 0 Å². The standard InChI is InChI=1S/C14H18O6/c1-4-18-13(15)10(2)20-14(16)19-9-11-5-7-12(17-3)8-6-11/h5-8,10H,4,9H2,1-3H3/t10-/m0/s1. The minimum Gasteiger partial charge on any atom is -0.497 e. The van der Waals surface area contributed by atoms with E-state index in [0.29, 0.717) is 5.75 Å². The van der Waals surface area contributed by atoms with Crippen LogP contribution in [-0.4, -0.2) is 31.9 Å². The van der Waals surface area contributed by atoms with Crippen LogP contribution in [0, 0.1) is 0 Å². The smallest absolute Gasteiger partial charge is 0.497 e. The molecule has 1 aromatic carbocycles. The number of ether oxygens (including phenoxy) is 4. The summed E-state index contributed by atoms with van der Waals surface area (Å²) in [5.41, 5.74) is 0.784. The first-order chi connectivity index (χ1) is 9.56. The summed E-state index contributed by atoms with van der Waals surface area (Å²) >= 11 is 0. The molecule has 0 aliphatic carbocycles. The van der Waals surface area contributed by atoms with Crippen LogP contribution >= 0.6 is 0 Å². The second-order valence-electron chi connectivity index (χ2n) is 3.90. The molecule has 0 fully saturated rings. The summed E-state index contributed by atoms with van der Waals surface area (Å²) in [6.07, 6.45) is -1.90. The van der Waals surface area contributed by atoms with Gasteiger partial charge in [-0.3, -0.25) is 0 Å². The first-order valence-electron chi connectivity index (χ1n) is 6.19. The summed E-state index contributed by atoms with van der Waals surface area (Å²) in [5, 5.41) is 0. The third kappa shape index (κ3) is 5.17. The van der Waals surface area contributed by atoms with Crippen molar-refractivity contribution < 1.29 is 28.5 Å². The van der Waals surface area contributed by atoms with Gasteiger partial charge < -0.3 is 18.9 Å². The summed E-state index contributed by atoms with van der Waals surface area (Å²) < 4.78 is 19.4. The molecule has 0 aliphatic rings. The molecule has 1 aromatic rings. The third-order valence-corrected chi connectivity index (χ3v) is 2.41. The maximum atomic E-state index is 11.4. The highest BCUT2D eigenvalue weighted by molar-refractivity contribution is 5.76. The lowest BCUT2D eigenvalue weighted by Gasteiger charge is -2.12. The zero-order valence-electron chi connectivity index (χ0n) is 11.8. The zero-order chi connectivity index (χ0) is 15.0. The molecule has 110 valence electrons. The van der Waals surface area contributed by atoms with E-state index >= 15 is 0 Å². The van der Waals surface area contributed by atoms with Crippen molar-refractivity contribution in [1.29, 1.82) is 0 Å². The molecular weight excluding hydrogens is 264 g/mol. The molecule has 0 saturated heterocycles. The van der Waals surface area contributed by atoms with E-state index in [1.54, 1.807) is 38.3 Å². The van der Waals surface area contributed by atoms with Crippen molar-refractivity contribution >= 4 is 12.1 Å². The third-order valence-electron chi connectivity index (χ3n) is 2.41. The minimum atomic E-state index is -0.988. The molecular formula is C14H18O6. The molecule has 0 amide bonds. The molecule has 1 rings (SSSR count). The van der Waals surface area contributed by atoms with Crippen molar-refractivity contribution in [2.45, 2.75) is 26.6 Å². The fourth-order valence-electron chi connectivity index (χ4n) is 1.35. The quantitative estimate of drug-likeness (QED) is 0.745. The van der Waals surface area contributed by atoms with Crippen LogP contribution < -0.4 is 4.74 Å². The number of rotatable bonds is 6. The summed E-state index contributed by atoms with van der Waals surface area (Å²) in [6, 6.07) is 7.04. The fourth-order valence-corrected chi connectivity index (χ4v) is 1.35. The molecule has 20 heavy (non-hydrogen) atoms. The number of methoxy groups -OCH3 is 1. The SMILES string of the molecule is CCOC(=O)[C@H](C)OC(=O)OCc1ccc(OC)cc1. The second kappa shape index (κ2) is 8.04. The molecule has 0 N–H and O–H groups in total. The molecule has 6 nitrogen and oxygen atoms in total. The highest BCUT2D eigenvalue weighted by atomic mass is 16.7. The van der Waals surface area contributed by atoms with Crippen LogP contribution in [0.5, 0.6) is 5.75 Å². The molecule has 0 unspecified atom stereocenters. The number of carbonyl (C=O) groups excluding carboxylic acids is 2. The Morgan fingerprint density at radius 2 is 1.80 bits per heavy atom. The monoisotopic (exact) mass is 282 g/mol. The first-order valence-corrected chi connectivity index (χ1v) is 6.19. The van der Waals surface area contributed by atoms with Gasteiger partial charge in [0.2, 0.25) is 0 Å². The summed E-state index contributed by atoms with van der Waals surface area (Å²) in [7, 11) is 1.57. The second-order valence-corrected chi connectivity index (χ2v) is 3.90. The lowest BCUT2D eigenvalue weighted by molar-refractivity contribution is -0.153. The maximum absolute atomic E-state index is 11.4. The Balaban J connectivity index is 2.37. The topological polar surface area (TPSA) is 71.1 Å². The number of hydrogen-bond donors (Lipinski definition) is 0. The van der Waals surface area contributed by atoms with Crippen LogP contribution in [0.3, 0.4) is 0 Å². The van der Waals surface area contributed by atoms with E-state index in [4.69, 9.17) is 18.9 Å². The zero-order valence-corrected chi connectivity index (χ0v) is 11.8. The Kier molecular flexibility index (Phi) is 6.36. The summed E-state index contributed by atoms with van der Waals surface area (Å²) in [6.45, 7) is 3.38. The molecule has 0 saturated carbocycles. The predicted octanol–water partition coefficient (Wildman–Crippen LogP) is 2.30. The van der Waals surface area contributed by atoms with Crippen molar-refractivity contribution in [2.24, 2.45) is 0 Å². The summed E-state index contributed by atoms with van der Waals surface area (Å²) in [5.74, 6) is 0.112. The largest absolute Gasteiger partial charge is 0.509 e. The van der Waals surface area contributed by atoms with Crippen LogP contribution in [-0.2, 0) is 25.6 Å². The van der Waals surface area contributed by atoms with Gasteiger partial charge in [0.25, 0.3) is 0 Å². The van der Waals surface area contributed by atoms with Crippen LogP contribution in [0.2, 0.25) is 0 Å². The highest BCUT2D eigenvalue weighted by Crippen LogP contribution is 2.12. The number of benzene rings is 1. The van der Waals surface area contributed by atoms with Crippen LogP contribution in [0.1, 0.15) is 19.4 Å². The Labute approximate surface area is 117 Å². The van der Waals surface area contributed by atoms with Gasteiger partial charge in [-0.2, -0.15) is 0 Å². The van der Waals surface area contributed by atoms with E-state index in [9.17, 15) is 9.59 Å². The van der Waals surface area contributed by atoms with Crippen molar-refractivity contribution in [3.8, 4) is 5.75 Å². The Morgan fingerprint density at radius 3 is 2.35 bits per heavy atom. The van der Waals surface area contributed by atoms with E-state index in [0.717, 1.165) is 5.56 Å². The fraction of sp³-hybridized carbons (Fsp3) is 0.429. The van der Waals surface area contributed by atoms with Gasteiger partial charge in [0.1, 0.15) is 12.4 Å². The van der Waals surface area contributed by atoms with Gasteiger partial charge in [-0.25, -0.2) is 9.59 Å². The van der Waals surface area contributed by atoms with Gasteiger partial charge in [-0.05, 0) is 31.5 Å². The molecule has 6 heteroatoms. The van der Waals surface area contributed by atoms with Crippen LogP contribution in [0.25, 0.3) is 0 Å². The van der Waals surface area contributed by atoms with E-state index in [-0.39, 0.29) is 13.2 Å². The Bertz CT molecular complexity index is 439. The van der Waals surface area contributed by atoms with Crippen molar-refractivity contribution in [3.63, 3.8) is 0 Å². The van der Waals surface area contributed by atoms with E-state index < -0.39 is 18.2 Å². The molecule has 0 spiro atoms. The molecule has 0 heterocycles. The number of carbonyl (C=O) groups is 2. The average Bonchev–Trinajstić information content (AvgIpc) is 2.45. The van der Waals surface area contributed by atoms with Crippen LogP contribution in [0.15, 0.2) is 24.3 Å². The van der Waals surface area contributed by atoms with Gasteiger partial charge in [0, 0.05) is 0 Å². The lowest BCUT2D eigenvalue weighted by atomic mass is 10.2. The van der Waals surface area contributed by atoms with Crippen molar-refractivity contribution in [3.05, 3.63) is 29.8 Å². The van der Waals surface area contributed by atoms with Crippen molar-refractivity contribution in [1.82, 2.24) is 0 Å². The first kappa shape index (κ1) is 15.8. The Morgan fingerprint density at radius 1 is 1.15 bits per heavy atom. The molecule has 0 aromatic heterocycles. The van der Waals surface area contributed by atoms with Gasteiger partial charge in [0.05, 0.1) is 13.7 Å². The van der Waals surface area contributed by atoms with Gasteiger partial charge in [-0.1, -0.05) is 12.1 Å². The number of esters is 1. The Hall–Kier alpha value is -2.24.